The van der Waals surface area contributed by atoms with E-state index in [0.29, 0.717) is 5.95 Å². The molecule has 1 heterocycles. The maximum atomic E-state index is 12.2. The number of nitrogens with one attached hydrogen (secondary N) is 3. The molecule has 0 radical (unpaired) electrons. The number of amides is 1. The maximum absolute atomic E-state index is 12.2. The molecule has 144 valence electrons. The standard InChI is InChI=1S/C23H21N5O/c1-16-12-13-20-19(14-16)22(17-8-4-2-5-9-17)26-23(25-20)24-15-21(29)28-27-18-10-6-3-7-11-18/h2-14,27H,15H2,1H3,(H,28,29)(H,24,25,26). The Morgan fingerprint density at radius 1 is 0.897 bits per heavy atom. The third-order valence-corrected chi connectivity index (χ3v) is 4.43. The lowest BCUT2D eigenvalue weighted by molar-refractivity contribution is -0.118. The molecule has 0 fully saturated rings. The van der Waals surface area contributed by atoms with Gasteiger partial charge in [0.25, 0.3) is 5.91 Å². The Hall–Kier alpha value is -3.93. The second-order valence-corrected chi connectivity index (χ2v) is 6.68. The summed E-state index contributed by atoms with van der Waals surface area (Å²) in [7, 11) is 0. The van der Waals surface area contributed by atoms with Gasteiger partial charge in [0, 0.05) is 10.9 Å². The van der Waals surface area contributed by atoms with Crippen molar-refractivity contribution in [2.45, 2.75) is 6.92 Å². The monoisotopic (exact) mass is 383 g/mol. The first kappa shape index (κ1) is 18.4. The Kier molecular flexibility index (Phi) is 5.33. The summed E-state index contributed by atoms with van der Waals surface area (Å²) in [5.41, 5.74) is 10.1. The van der Waals surface area contributed by atoms with Crippen LogP contribution in [0.25, 0.3) is 22.2 Å². The van der Waals surface area contributed by atoms with E-state index < -0.39 is 0 Å². The summed E-state index contributed by atoms with van der Waals surface area (Å²) < 4.78 is 0. The van der Waals surface area contributed by atoms with Gasteiger partial charge in [-0.05, 0) is 31.2 Å². The Bertz CT molecular complexity index is 1130. The van der Waals surface area contributed by atoms with Crippen molar-refractivity contribution in [2.24, 2.45) is 0 Å². The number of anilines is 2. The van der Waals surface area contributed by atoms with Crippen molar-refractivity contribution in [3.05, 3.63) is 84.4 Å². The molecule has 0 aliphatic heterocycles. The minimum Gasteiger partial charge on any atom is -0.345 e. The lowest BCUT2D eigenvalue weighted by Gasteiger charge is -2.12. The molecule has 3 N–H and O–H groups in total. The molecule has 0 saturated carbocycles. The highest BCUT2D eigenvalue weighted by Gasteiger charge is 2.11. The highest BCUT2D eigenvalue weighted by molar-refractivity contribution is 5.93. The molecule has 0 aliphatic rings. The molecular formula is C23H21N5O. The zero-order chi connectivity index (χ0) is 20.1. The summed E-state index contributed by atoms with van der Waals surface area (Å²) in [4.78, 5) is 21.4. The summed E-state index contributed by atoms with van der Waals surface area (Å²) in [5.74, 6) is 0.192. The molecule has 3 aromatic carbocycles. The van der Waals surface area contributed by atoms with Crippen LogP contribution in [0.1, 0.15) is 5.56 Å². The van der Waals surface area contributed by atoms with E-state index in [4.69, 9.17) is 0 Å². The van der Waals surface area contributed by atoms with E-state index in [1.165, 1.54) is 0 Å². The largest absolute Gasteiger partial charge is 0.345 e. The minimum atomic E-state index is -0.220. The van der Waals surface area contributed by atoms with E-state index in [0.717, 1.165) is 33.4 Å². The summed E-state index contributed by atoms with van der Waals surface area (Å²) in [6.07, 6.45) is 0. The number of rotatable bonds is 6. The Balaban J connectivity index is 1.53. The van der Waals surface area contributed by atoms with Crippen LogP contribution in [0.4, 0.5) is 11.6 Å². The van der Waals surface area contributed by atoms with Crippen LogP contribution < -0.4 is 16.2 Å². The quantitative estimate of drug-likeness (QED) is 0.436. The molecule has 4 aromatic rings. The number of carbonyl (C=O) groups is 1. The number of nitrogens with zero attached hydrogens (tertiary/aromatic N) is 2. The summed E-state index contributed by atoms with van der Waals surface area (Å²) in [5, 5.41) is 4.01. The molecule has 6 heteroatoms. The smallest absolute Gasteiger partial charge is 0.257 e. The fourth-order valence-corrected chi connectivity index (χ4v) is 3.00. The van der Waals surface area contributed by atoms with E-state index in [2.05, 4.69) is 32.2 Å². The first-order valence-electron chi connectivity index (χ1n) is 9.37. The summed E-state index contributed by atoms with van der Waals surface area (Å²) in [6.45, 7) is 2.09. The molecule has 1 aromatic heterocycles. The Morgan fingerprint density at radius 2 is 1.62 bits per heavy atom. The maximum Gasteiger partial charge on any atom is 0.257 e. The molecule has 6 nitrogen and oxygen atoms in total. The molecule has 0 spiro atoms. The second kappa shape index (κ2) is 8.39. The predicted molar refractivity (Wildman–Crippen MR) is 116 cm³/mol. The molecule has 4 rings (SSSR count). The number of aromatic nitrogens is 2. The fraction of sp³-hybridized carbons (Fsp3) is 0.0870. The number of aryl methyl sites for hydroxylation is 1. The molecule has 0 saturated heterocycles. The normalized spacial score (nSPS) is 10.5. The van der Waals surface area contributed by atoms with E-state index in [1.54, 1.807) is 0 Å². The lowest BCUT2D eigenvalue weighted by atomic mass is 10.0. The lowest BCUT2D eigenvalue weighted by Crippen LogP contribution is -2.34. The Labute approximate surface area is 169 Å². The van der Waals surface area contributed by atoms with Crippen LogP contribution in [0.2, 0.25) is 0 Å². The van der Waals surface area contributed by atoms with Gasteiger partial charge >= 0.3 is 0 Å². The van der Waals surface area contributed by atoms with Crippen LogP contribution in [-0.2, 0) is 4.79 Å². The van der Waals surface area contributed by atoms with Crippen molar-refractivity contribution >= 4 is 28.4 Å². The summed E-state index contributed by atoms with van der Waals surface area (Å²) in [6, 6.07) is 25.5. The van der Waals surface area contributed by atoms with Gasteiger partial charge in [0.1, 0.15) is 0 Å². The number of hydrogen-bond donors (Lipinski definition) is 3. The van der Waals surface area contributed by atoms with Gasteiger partial charge in [0.05, 0.1) is 23.4 Å². The van der Waals surface area contributed by atoms with Crippen LogP contribution in [0.15, 0.2) is 78.9 Å². The molecule has 0 atom stereocenters. The number of carbonyl (C=O) groups excluding carboxylic acids is 1. The third-order valence-electron chi connectivity index (χ3n) is 4.43. The first-order valence-corrected chi connectivity index (χ1v) is 9.37. The molecule has 0 aliphatic carbocycles. The fourth-order valence-electron chi connectivity index (χ4n) is 3.00. The van der Waals surface area contributed by atoms with Crippen molar-refractivity contribution in [1.29, 1.82) is 0 Å². The molecule has 0 bridgehead atoms. The number of para-hydroxylation sites is 1. The van der Waals surface area contributed by atoms with Gasteiger partial charge in [-0.15, -0.1) is 0 Å². The van der Waals surface area contributed by atoms with Gasteiger partial charge in [-0.25, -0.2) is 9.97 Å². The van der Waals surface area contributed by atoms with Crippen LogP contribution in [0.5, 0.6) is 0 Å². The van der Waals surface area contributed by atoms with Gasteiger partial charge in [0.2, 0.25) is 5.95 Å². The van der Waals surface area contributed by atoms with E-state index in [9.17, 15) is 4.79 Å². The highest BCUT2D eigenvalue weighted by Crippen LogP contribution is 2.27. The van der Waals surface area contributed by atoms with Crippen LogP contribution in [0.3, 0.4) is 0 Å². The van der Waals surface area contributed by atoms with Crippen molar-refractivity contribution in [2.75, 3.05) is 17.3 Å². The van der Waals surface area contributed by atoms with Crippen LogP contribution >= 0.6 is 0 Å². The zero-order valence-corrected chi connectivity index (χ0v) is 16.0. The topological polar surface area (TPSA) is 78.9 Å². The van der Waals surface area contributed by atoms with Gasteiger partial charge in [0.15, 0.2) is 0 Å². The minimum absolute atomic E-state index is 0.0471. The zero-order valence-electron chi connectivity index (χ0n) is 16.0. The van der Waals surface area contributed by atoms with Crippen molar-refractivity contribution in [3.63, 3.8) is 0 Å². The third kappa shape index (κ3) is 4.50. The predicted octanol–water partition coefficient (Wildman–Crippen LogP) is 4.16. The number of fused-ring (bicyclic) bond motifs is 1. The number of hydrazine groups is 1. The van der Waals surface area contributed by atoms with Crippen molar-refractivity contribution in [1.82, 2.24) is 15.4 Å². The number of benzene rings is 3. The Morgan fingerprint density at radius 3 is 2.38 bits per heavy atom. The molecular weight excluding hydrogens is 362 g/mol. The molecule has 29 heavy (non-hydrogen) atoms. The summed E-state index contributed by atoms with van der Waals surface area (Å²) >= 11 is 0. The second-order valence-electron chi connectivity index (χ2n) is 6.68. The van der Waals surface area contributed by atoms with Gasteiger partial charge < -0.3 is 5.32 Å². The average molecular weight is 383 g/mol. The van der Waals surface area contributed by atoms with Crippen molar-refractivity contribution < 1.29 is 4.79 Å². The molecule has 0 unspecified atom stereocenters. The van der Waals surface area contributed by atoms with Gasteiger partial charge in [-0.1, -0.05) is 60.2 Å². The molecule has 1 amide bonds. The number of hydrogen-bond acceptors (Lipinski definition) is 5. The van der Waals surface area contributed by atoms with E-state index in [-0.39, 0.29) is 12.5 Å². The first-order chi connectivity index (χ1) is 14.2. The van der Waals surface area contributed by atoms with Crippen LogP contribution in [0, 0.1) is 6.92 Å². The van der Waals surface area contributed by atoms with Crippen LogP contribution in [-0.4, -0.2) is 22.4 Å². The highest BCUT2D eigenvalue weighted by atomic mass is 16.2. The average Bonchev–Trinajstić information content (AvgIpc) is 2.77. The van der Waals surface area contributed by atoms with Crippen molar-refractivity contribution in [3.8, 4) is 11.3 Å². The van der Waals surface area contributed by atoms with Gasteiger partial charge in [-0.2, -0.15) is 0 Å². The van der Waals surface area contributed by atoms with Gasteiger partial charge in [-0.3, -0.25) is 15.6 Å². The van der Waals surface area contributed by atoms with E-state index >= 15 is 0 Å². The SMILES string of the molecule is Cc1ccc2nc(NCC(=O)NNc3ccccc3)nc(-c3ccccc3)c2c1. The van der Waals surface area contributed by atoms with E-state index in [1.807, 2.05) is 79.7 Å².